The first-order valence-electron chi connectivity index (χ1n) is 10.3. The van der Waals surface area contributed by atoms with Crippen LogP contribution in [0.5, 0.6) is 5.75 Å². The number of rotatable bonds is 7. The summed E-state index contributed by atoms with van der Waals surface area (Å²) >= 11 is 2.71. The number of carbonyl (C=O) groups is 4. The summed E-state index contributed by atoms with van der Waals surface area (Å²) in [5.41, 5.74) is 2.19. The van der Waals surface area contributed by atoms with Gasteiger partial charge >= 0.3 is 35.5 Å². The normalized spacial score (nSPS) is 22.9. The summed E-state index contributed by atoms with van der Waals surface area (Å²) in [6.07, 6.45) is 2.53. The van der Waals surface area contributed by atoms with Gasteiger partial charge in [-0.2, -0.15) is 11.8 Å². The molecule has 12 heteroatoms. The van der Waals surface area contributed by atoms with Gasteiger partial charge in [-0.25, -0.2) is 4.79 Å². The van der Waals surface area contributed by atoms with E-state index in [1.165, 1.54) is 40.6 Å². The number of nitrogens with zero attached hydrogens (tertiary/aromatic N) is 1. The Morgan fingerprint density at radius 1 is 1.26 bits per heavy atom. The van der Waals surface area contributed by atoms with Crippen LogP contribution in [-0.4, -0.2) is 104 Å². The number of hydrogen-bond acceptors (Lipinski definition) is 7. The third-order valence-corrected chi connectivity index (χ3v) is 7.57. The molecule has 0 aromatic heterocycles. The molecule has 1 aromatic carbocycles. The zero-order valence-corrected chi connectivity index (χ0v) is 19.4. The first kappa shape index (κ1) is 26.7. The second kappa shape index (κ2) is 11.2. The first-order valence-corrected chi connectivity index (χ1v) is 12.7. The molecule has 0 spiro atoms. The van der Waals surface area contributed by atoms with E-state index in [0.717, 1.165) is 5.56 Å². The molecule has 2 fully saturated rings. The third-order valence-electron chi connectivity index (χ3n) is 5.74. The summed E-state index contributed by atoms with van der Waals surface area (Å²) in [4.78, 5) is 50.9. The minimum atomic E-state index is -1.25. The molecule has 34 heavy (non-hydrogen) atoms. The number of carboxylic acid groups (broad SMARTS) is 1. The van der Waals surface area contributed by atoms with E-state index in [2.05, 4.69) is 10.6 Å². The molecule has 2 saturated heterocycles. The van der Waals surface area contributed by atoms with Crippen molar-refractivity contribution in [1.82, 2.24) is 15.5 Å². The number of phenolic OH excluding ortho intramolecular Hbond substituents is 1. The van der Waals surface area contributed by atoms with E-state index in [0.29, 0.717) is 29.7 Å². The fourth-order valence-electron chi connectivity index (χ4n) is 4.22. The molecule has 3 amide bonds. The van der Waals surface area contributed by atoms with Crippen LogP contribution in [0, 0.1) is 0 Å². The SMILES string of the molecule is CSCC(=O)N[C@@H]1C(=O)N2C(C(=O)O)=C(C(Cc3ccc(O)cc3)=C3CCNC3=O)CS[C@H]12.[NaH]. The van der Waals surface area contributed by atoms with Crippen molar-refractivity contribution in [3.63, 3.8) is 0 Å². The summed E-state index contributed by atoms with van der Waals surface area (Å²) < 4.78 is 0. The third kappa shape index (κ3) is 5.18. The quantitative estimate of drug-likeness (QED) is 0.231. The van der Waals surface area contributed by atoms with Crippen molar-refractivity contribution in [3.8, 4) is 5.75 Å². The van der Waals surface area contributed by atoms with Crippen LogP contribution >= 0.6 is 23.5 Å². The van der Waals surface area contributed by atoms with Crippen LogP contribution in [0.3, 0.4) is 0 Å². The summed E-state index contributed by atoms with van der Waals surface area (Å²) in [6, 6.07) is 5.73. The Hall–Kier alpha value is -1.92. The van der Waals surface area contributed by atoms with Crippen LogP contribution in [-0.2, 0) is 25.6 Å². The van der Waals surface area contributed by atoms with E-state index in [-0.39, 0.29) is 70.7 Å². The van der Waals surface area contributed by atoms with Gasteiger partial charge < -0.3 is 20.8 Å². The van der Waals surface area contributed by atoms with Gasteiger partial charge in [-0.15, -0.1) is 11.8 Å². The molecule has 3 aliphatic rings. The average molecular weight is 514 g/mol. The molecule has 0 bridgehead atoms. The zero-order valence-electron chi connectivity index (χ0n) is 17.8. The molecule has 0 unspecified atom stereocenters. The molecule has 1 aromatic rings. The molecule has 3 heterocycles. The van der Waals surface area contributed by atoms with Crippen LogP contribution in [0.15, 0.2) is 46.7 Å². The number of nitrogens with one attached hydrogen (secondary N) is 2. The Morgan fingerprint density at radius 3 is 2.56 bits per heavy atom. The predicted octanol–water partition coefficient (Wildman–Crippen LogP) is 0.204. The summed E-state index contributed by atoms with van der Waals surface area (Å²) in [5.74, 6) is -1.63. The van der Waals surface area contributed by atoms with E-state index in [9.17, 15) is 29.4 Å². The second-order valence-corrected chi connectivity index (χ2v) is 9.80. The van der Waals surface area contributed by atoms with Crippen molar-refractivity contribution >= 4 is 76.8 Å². The standard InChI is InChI=1S/C22H23N3O6S2.Na.H/c1-32-10-16(27)24-17-20(29)25-18(22(30)31)15(9-33-21(17)25)14(13-6-7-23-19(13)28)8-11-2-4-12(26)5-3-11;;/h2-5,17,21,26H,6-10H2,1H3,(H,23,28)(H,24,27)(H,30,31);;/t17-,21-;;/m1../s1. The Morgan fingerprint density at radius 2 is 1.97 bits per heavy atom. The number of aliphatic carboxylic acids is 1. The second-order valence-electron chi connectivity index (χ2n) is 7.83. The molecule has 0 radical (unpaired) electrons. The number of thioether (sulfide) groups is 2. The van der Waals surface area contributed by atoms with E-state index < -0.39 is 23.3 Å². The van der Waals surface area contributed by atoms with Crippen molar-refractivity contribution in [1.29, 1.82) is 0 Å². The maximum absolute atomic E-state index is 12.9. The number of amides is 3. The molecule has 4 rings (SSSR count). The van der Waals surface area contributed by atoms with Gasteiger partial charge in [0.2, 0.25) is 11.8 Å². The number of aromatic hydroxyl groups is 1. The number of phenols is 1. The monoisotopic (exact) mass is 513 g/mol. The Bertz CT molecular complexity index is 1090. The van der Waals surface area contributed by atoms with Crippen molar-refractivity contribution in [2.45, 2.75) is 24.3 Å². The first-order chi connectivity index (χ1) is 15.8. The van der Waals surface area contributed by atoms with Crippen LogP contribution < -0.4 is 10.6 Å². The minimum absolute atomic E-state index is 0. The predicted molar refractivity (Wildman–Crippen MR) is 132 cm³/mol. The van der Waals surface area contributed by atoms with Crippen molar-refractivity contribution < 1.29 is 29.4 Å². The van der Waals surface area contributed by atoms with Gasteiger partial charge in [-0.1, -0.05) is 12.1 Å². The molecule has 0 aliphatic carbocycles. The average Bonchev–Trinajstić information content (AvgIpc) is 3.21. The van der Waals surface area contributed by atoms with Gasteiger partial charge in [0.15, 0.2) is 0 Å². The van der Waals surface area contributed by atoms with E-state index >= 15 is 0 Å². The maximum atomic E-state index is 12.9. The Kier molecular flexibility index (Phi) is 8.80. The van der Waals surface area contributed by atoms with Gasteiger partial charge in [-0.05, 0) is 47.9 Å². The molecule has 9 nitrogen and oxygen atoms in total. The number of fused-ring (bicyclic) bond motifs is 1. The number of carbonyl (C=O) groups excluding carboxylic acids is 3. The molecule has 176 valence electrons. The fraction of sp³-hybridized carbons (Fsp3) is 0.364. The molecule has 4 N–H and O–H groups in total. The molecule has 0 saturated carbocycles. The Balaban J connectivity index is 0.00000324. The fourth-order valence-corrected chi connectivity index (χ4v) is 5.95. The van der Waals surface area contributed by atoms with Crippen molar-refractivity contribution in [3.05, 3.63) is 52.2 Å². The van der Waals surface area contributed by atoms with Gasteiger partial charge in [0.1, 0.15) is 22.9 Å². The molecule has 3 aliphatic heterocycles. The van der Waals surface area contributed by atoms with E-state index in [1.807, 2.05) is 0 Å². The summed E-state index contributed by atoms with van der Waals surface area (Å²) in [7, 11) is 0. The van der Waals surface area contributed by atoms with Gasteiger partial charge in [-0.3, -0.25) is 19.3 Å². The topological polar surface area (TPSA) is 136 Å². The number of benzene rings is 1. The van der Waals surface area contributed by atoms with Crippen molar-refractivity contribution in [2.75, 3.05) is 24.3 Å². The molecular weight excluding hydrogens is 489 g/mol. The number of hydrogen-bond donors (Lipinski definition) is 4. The number of carboxylic acids is 1. The zero-order chi connectivity index (χ0) is 23.7. The van der Waals surface area contributed by atoms with E-state index in [1.54, 1.807) is 18.4 Å². The van der Waals surface area contributed by atoms with Gasteiger partial charge in [0, 0.05) is 17.9 Å². The van der Waals surface area contributed by atoms with Gasteiger partial charge in [0.25, 0.3) is 5.91 Å². The van der Waals surface area contributed by atoms with Crippen molar-refractivity contribution in [2.24, 2.45) is 0 Å². The molecular formula is C22H24N3NaO6S2. The van der Waals surface area contributed by atoms with E-state index in [4.69, 9.17) is 0 Å². The van der Waals surface area contributed by atoms with Crippen LogP contribution in [0.4, 0.5) is 0 Å². The van der Waals surface area contributed by atoms with Crippen LogP contribution in [0.25, 0.3) is 0 Å². The molecule has 2 atom stereocenters. The Labute approximate surface area is 227 Å². The summed E-state index contributed by atoms with van der Waals surface area (Å²) in [6.45, 7) is 0.463. The van der Waals surface area contributed by atoms with Gasteiger partial charge in [0.05, 0.1) is 5.75 Å². The van der Waals surface area contributed by atoms with Crippen LogP contribution in [0.1, 0.15) is 12.0 Å². The number of allylic oxidation sites excluding steroid dienone is 1. The van der Waals surface area contributed by atoms with Crippen LogP contribution in [0.2, 0.25) is 0 Å². The summed E-state index contributed by atoms with van der Waals surface area (Å²) in [5, 5.41) is 24.6. The number of β-lactam (4-membered cyclic amide) rings is 1.